The fourth-order valence-corrected chi connectivity index (χ4v) is 5.34. The third kappa shape index (κ3) is 5.02. The number of ether oxygens (including phenoxy) is 2. The Balaban J connectivity index is 1.60. The molecule has 0 saturated heterocycles. The summed E-state index contributed by atoms with van der Waals surface area (Å²) in [6.45, 7) is 6.19. The summed E-state index contributed by atoms with van der Waals surface area (Å²) in [5.74, 6) is 0.889. The first-order chi connectivity index (χ1) is 16.3. The fraction of sp³-hybridized carbons (Fsp3) is 0.269. The Hall–Kier alpha value is -3.52. The lowest BCUT2D eigenvalue weighted by Gasteiger charge is -2.27. The lowest BCUT2D eigenvalue weighted by atomic mass is 10.1. The van der Waals surface area contributed by atoms with E-state index in [1.807, 2.05) is 51.1 Å². The zero-order valence-corrected chi connectivity index (χ0v) is 20.3. The van der Waals surface area contributed by atoms with Crippen molar-refractivity contribution < 1.29 is 22.7 Å². The van der Waals surface area contributed by atoms with Crippen molar-refractivity contribution in [3.05, 3.63) is 83.4 Å². The molecule has 0 bridgehead atoms. The van der Waals surface area contributed by atoms with Gasteiger partial charge in [0.25, 0.3) is 10.0 Å². The van der Waals surface area contributed by atoms with Gasteiger partial charge >= 0.3 is 0 Å². The summed E-state index contributed by atoms with van der Waals surface area (Å²) in [4.78, 5) is 13.2. The van der Waals surface area contributed by atoms with Gasteiger partial charge in [-0.05, 0) is 67.8 Å². The molecule has 0 fully saturated rings. The van der Waals surface area contributed by atoms with Crippen LogP contribution in [0, 0.1) is 13.8 Å². The molecule has 8 heteroatoms. The monoisotopic (exact) mass is 480 g/mol. The number of amides is 1. The van der Waals surface area contributed by atoms with Crippen molar-refractivity contribution in [2.24, 2.45) is 0 Å². The largest absolute Gasteiger partial charge is 0.486 e. The van der Waals surface area contributed by atoms with E-state index in [-0.39, 0.29) is 17.5 Å². The molecule has 3 aromatic carbocycles. The molecule has 0 spiro atoms. The lowest BCUT2D eigenvalue weighted by Crippen LogP contribution is -2.42. The summed E-state index contributed by atoms with van der Waals surface area (Å²) in [7, 11) is -3.96. The Morgan fingerprint density at radius 3 is 2.41 bits per heavy atom. The van der Waals surface area contributed by atoms with Gasteiger partial charge in [-0.1, -0.05) is 36.4 Å². The average Bonchev–Trinajstić information content (AvgIpc) is 2.84. The quantitative estimate of drug-likeness (QED) is 0.549. The summed E-state index contributed by atoms with van der Waals surface area (Å²) in [6, 6.07) is 18.9. The molecule has 1 amide bonds. The van der Waals surface area contributed by atoms with Crippen LogP contribution in [0.15, 0.2) is 71.6 Å². The van der Waals surface area contributed by atoms with Gasteiger partial charge in [-0.3, -0.25) is 9.10 Å². The van der Waals surface area contributed by atoms with Crippen LogP contribution in [-0.4, -0.2) is 34.1 Å². The van der Waals surface area contributed by atoms with Crippen molar-refractivity contribution in [1.82, 2.24) is 5.32 Å². The molecule has 0 saturated carbocycles. The standard InChI is InChI=1S/C26H28N2O5S/c1-18-9-10-19(2)23(15-18)28(34(30,31)22-7-5-4-6-8-22)17-26(29)27-20(3)21-11-12-24-25(16-21)33-14-13-32-24/h4-12,15-16,20H,13-14,17H2,1-3H3,(H,27,29)/t20-/m0/s1. The molecular formula is C26H28N2O5S. The molecule has 1 atom stereocenters. The summed E-state index contributed by atoms with van der Waals surface area (Å²) < 4.78 is 39.5. The molecule has 1 heterocycles. The Bertz CT molecular complexity index is 1290. The number of fused-ring (bicyclic) bond motifs is 1. The number of nitrogens with one attached hydrogen (secondary N) is 1. The van der Waals surface area contributed by atoms with Crippen molar-refractivity contribution in [1.29, 1.82) is 0 Å². The topological polar surface area (TPSA) is 84.9 Å². The third-order valence-corrected chi connectivity index (χ3v) is 7.47. The molecule has 1 aliphatic rings. The van der Waals surface area contributed by atoms with E-state index in [2.05, 4.69) is 5.32 Å². The first-order valence-corrected chi connectivity index (χ1v) is 12.5. The van der Waals surface area contributed by atoms with E-state index in [4.69, 9.17) is 9.47 Å². The SMILES string of the molecule is Cc1ccc(C)c(N(CC(=O)N[C@@H](C)c2ccc3c(c2)OCCO3)S(=O)(=O)c2ccccc2)c1. The van der Waals surface area contributed by atoms with Crippen molar-refractivity contribution >= 4 is 21.6 Å². The van der Waals surface area contributed by atoms with E-state index in [0.29, 0.717) is 30.4 Å². The zero-order chi connectivity index (χ0) is 24.3. The Kier molecular flexibility index (Phi) is 6.79. The minimum atomic E-state index is -3.96. The molecule has 7 nitrogen and oxygen atoms in total. The molecule has 34 heavy (non-hydrogen) atoms. The number of benzene rings is 3. The van der Waals surface area contributed by atoms with Crippen molar-refractivity contribution in [3.8, 4) is 11.5 Å². The highest BCUT2D eigenvalue weighted by atomic mass is 32.2. The van der Waals surface area contributed by atoms with Crippen LogP contribution in [0.2, 0.25) is 0 Å². The van der Waals surface area contributed by atoms with Gasteiger partial charge in [0.05, 0.1) is 16.6 Å². The van der Waals surface area contributed by atoms with Gasteiger partial charge in [-0.15, -0.1) is 0 Å². The van der Waals surface area contributed by atoms with Crippen LogP contribution < -0.4 is 19.1 Å². The number of nitrogens with zero attached hydrogens (tertiary/aromatic N) is 1. The summed E-state index contributed by atoms with van der Waals surface area (Å²) >= 11 is 0. The third-order valence-electron chi connectivity index (χ3n) is 5.70. The van der Waals surface area contributed by atoms with Crippen LogP contribution in [-0.2, 0) is 14.8 Å². The number of carbonyl (C=O) groups excluding carboxylic acids is 1. The minimum Gasteiger partial charge on any atom is -0.486 e. The van der Waals surface area contributed by atoms with Crippen LogP contribution in [0.25, 0.3) is 0 Å². The lowest BCUT2D eigenvalue weighted by molar-refractivity contribution is -0.120. The smallest absolute Gasteiger partial charge is 0.264 e. The molecule has 1 N–H and O–H groups in total. The normalized spacial score (nSPS) is 13.7. The molecule has 1 aliphatic heterocycles. The van der Waals surface area contributed by atoms with Gasteiger partial charge in [0, 0.05) is 0 Å². The highest BCUT2D eigenvalue weighted by Crippen LogP contribution is 2.33. The number of sulfonamides is 1. The number of hydrogen-bond acceptors (Lipinski definition) is 5. The van der Waals surface area contributed by atoms with E-state index in [1.165, 1.54) is 16.4 Å². The van der Waals surface area contributed by atoms with Gasteiger partial charge < -0.3 is 14.8 Å². The second-order valence-corrected chi connectivity index (χ2v) is 10.2. The van der Waals surface area contributed by atoms with E-state index in [0.717, 1.165) is 16.7 Å². The second kappa shape index (κ2) is 9.77. The highest BCUT2D eigenvalue weighted by Gasteiger charge is 2.29. The molecule has 0 aliphatic carbocycles. The van der Waals surface area contributed by atoms with E-state index in [9.17, 15) is 13.2 Å². The van der Waals surface area contributed by atoms with Crippen LogP contribution in [0.4, 0.5) is 5.69 Å². The van der Waals surface area contributed by atoms with Gasteiger partial charge in [0.1, 0.15) is 19.8 Å². The minimum absolute atomic E-state index is 0.128. The molecule has 0 unspecified atom stereocenters. The van der Waals surface area contributed by atoms with Gasteiger partial charge in [0.2, 0.25) is 5.91 Å². The Morgan fingerprint density at radius 1 is 0.971 bits per heavy atom. The van der Waals surface area contributed by atoms with Gasteiger partial charge in [-0.2, -0.15) is 0 Å². The molecule has 178 valence electrons. The first-order valence-electron chi connectivity index (χ1n) is 11.1. The number of anilines is 1. The number of aryl methyl sites for hydroxylation is 2. The van der Waals surface area contributed by atoms with Gasteiger partial charge in [-0.25, -0.2) is 8.42 Å². The van der Waals surface area contributed by atoms with Crippen LogP contribution in [0.5, 0.6) is 11.5 Å². The van der Waals surface area contributed by atoms with E-state index < -0.39 is 15.9 Å². The molecule has 4 rings (SSSR count). The highest BCUT2D eigenvalue weighted by molar-refractivity contribution is 7.92. The number of hydrogen-bond donors (Lipinski definition) is 1. The second-order valence-electron chi connectivity index (χ2n) is 8.31. The molecule has 3 aromatic rings. The summed E-state index contributed by atoms with van der Waals surface area (Å²) in [5, 5.41) is 2.92. The first kappa shape index (κ1) is 23.6. The number of carbonyl (C=O) groups is 1. The summed E-state index contributed by atoms with van der Waals surface area (Å²) in [6.07, 6.45) is 0. The molecular weight excluding hydrogens is 452 g/mol. The predicted molar refractivity (Wildman–Crippen MR) is 131 cm³/mol. The molecule has 0 aromatic heterocycles. The fourth-order valence-electron chi connectivity index (χ4n) is 3.84. The van der Waals surface area contributed by atoms with Crippen LogP contribution in [0.3, 0.4) is 0 Å². The van der Waals surface area contributed by atoms with E-state index >= 15 is 0 Å². The van der Waals surface area contributed by atoms with Crippen molar-refractivity contribution in [2.45, 2.75) is 31.7 Å². The van der Waals surface area contributed by atoms with Crippen molar-refractivity contribution in [2.75, 3.05) is 24.1 Å². The Labute approximate surface area is 200 Å². The zero-order valence-electron chi connectivity index (χ0n) is 19.4. The van der Waals surface area contributed by atoms with Gasteiger partial charge in [0.15, 0.2) is 11.5 Å². The maximum absolute atomic E-state index is 13.6. The average molecular weight is 481 g/mol. The van der Waals surface area contributed by atoms with Crippen LogP contribution in [0.1, 0.15) is 29.7 Å². The van der Waals surface area contributed by atoms with Crippen LogP contribution >= 0.6 is 0 Å². The predicted octanol–water partition coefficient (Wildman–Crippen LogP) is 4.15. The maximum atomic E-state index is 13.6. The Morgan fingerprint density at radius 2 is 1.68 bits per heavy atom. The van der Waals surface area contributed by atoms with E-state index in [1.54, 1.807) is 24.3 Å². The summed E-state index contributed by atoms with van der Waals surface area (Å²) in [5.41, 5.74) is 2.98. The number of rotatable bonds is 7. The molecule has 0 radical (unpaired) electrons. The van der Waals surface area contributed by atoms with Crippen molar-refractivity contribution in [3.63, 3.8) is 0 Å². The maximum Gasteiger partial charge on any atom is 0.264 e.